The van der Waals surface area contributed by atoms with Gasteiger partial charge in [0.1, 0.15) is 6.04 Å². The van der Waals surface area contributed by atoms with Gasteiger partial charge in [0.2, 0.25) is 0 Å². The van der Waals surface area contributed by atoms with E-state index in [9.17, 15) is 9.59 Å². The van der Waals surface area contributed by atoms with Crippen LogP contribution in [0.1, 0.15) is 35.7 Å². The lowest BCUT2D eigenvalue weighted by Crippen LogP contribution is -2.36. The minimum Gasteiger partial charge on any atom is -0.480 e. The third-order valence-corrected chi connectivity index (χ3v) is 3.65. The number of rotatable bonds is 8. The fourth-order valence-electron chi connectivity index (χ4n) is 2.39. The molecule has 0 bridgehead atoms. The molecule has 2 aromatic carbocycles. The smallest absolute Gasteiger partial charge is 0.320 e. The van der Waals surface area contributed by atoms with E-state index in [1.807, 2.05) is 43.3 Å². The summed E-state index contributed by atoms with van der Waals surface area (Å²) < 4.78 is 0. The molecule has 0 fully saturated rings. The van der Waals surface area contributed by atoms with Crippen molar-refractivity contribution in [1.82, 2.24) is 5.32 Å². The van der Waals surface area contributed by atoms with E-state index >= 15 is 0 Å². The van der Waals surface area contributed by atoms with Crippen molar-refractivity contribution in [3.05, 3.63) is 65.7 Å². The van der Waals surface area contributed by atoms with Gasteiger partial charge in [-0.3, -0.25) is 9.59 Å². The Kier molecular flexibility index (Phi) is 6.51. The zero-order valence-corrected chi connectivity index (χ0v) is 13.7. The highest BCUT2D eigenvalue weighted by molar-refractivity contribution is 6.04. The molecule has 126 valence electrons. The monoisotopic (exact) mass is 326 g/mol. The molecule has 0 saturated heterocycles. The summed E-state index contributed by atoms with van der Waals surface area (Å²) in [5.74, 6) is -1.04. The van der Waals surface area contributed by atoms with E-state index in [2.05, 4.69) is 10.6 Å². The number of aliphatic carboxylic acids is 1. The number of hydrogen-bond acceptors (Lipinski definition) is 3. The average molecular weight is 326 g/mol. The fraction of sp³-hybridized carbons (Fsp3) is 0.263. The quantitative estimate of drug-likeness (QED) is 0.695. The van der Waals surface area contributed by atoms with Crippen molar-refractivity contribution in [2.45, 2.75) is 32.4 Å². The van der Waals surface area contributed by atoms with Gasteiger partial charge in [-0.1, -0.05) is 43.7 Å². The third kappa shape index (κ3) is 5.21. The Morgan fingerprint density at radius 2 is 1.83 bits per heavy atom. The third-order valence-electron chi connectivity index (χ3n) is 3.65. The molecule has 0 aromatic heterocycles. The molecule has 0 radical (unpaired) electrons. The lowest BCUT2D eigenvalue weighted by atomic mass is 10.1. The highest BCUT2D eigenvalue weighted by Gasteiger charge is 2.15. The number of carbonyl (C=O) groups excluding carboxylic acids is 1. The van der Waals surface area contributed by atoms with Gasteiger partial charge in [0, 0.05) is 17.8 Å². The predicted molar refractivity (Wildman–Crippen MR) is 94.0 cm³/mol. The standard InChI is InChI=1S/C19H22N2O3/c1-2-7-17(19(23)24)20-13-14-8-6-9-15(12-14)18(22)21-16-10-4-3-5-11-16/h3-6,8-12,17,20H,2,7,13H2,1H3,(H,21,22)(H,23,24). The first-order chi connectivity index (χ1) is 11.6. The summed E-state index contributed by atoms with van der Waals surface area (Å²) >= 11 is 0. The molecule has 3 N–H and O–H groups in total. The lowest BCUT2D eigenvalue weighted by molar-refractivity contribution is -0.139. The van der Waals surface area contributed by atoms with Gasteiger partial charge in [-0.15, -0.1) is 0 Å². The second-order valence-electron chi connectivity index (χ2n) is 5.58. The Bertz CT molecular complexity index is 686. The Balaban J connectivity index is 2.00. The first kappa shape index (κ1) is 17.7. The molecule has 0 aliphatic carbocycles. The van der Waals surface area contributed by atoms with Gasteiger partial charge in [0.25, 0.3) is 5.91 Å². The molecule has 24 heavy (non-hydrogen) atoms. The molecule has 5 nitrogen and oxygen atoms in total. The van der Waals surface area contributed by atoms with Gasteiger partial charge in [-0.05, 0) is 36.2 Å². The Morgan fingerprint density at radius 1 is 1.08 bits per heavy atom. The number of carboxylic acids is 1. The van der Waals surface area contributed by atoms with Crippen molar-refractivity contribution < 1.29 is 14.7 Å². The van der Waals surface area contributed by atoms with E-state index in [0.717, 1.165) is 17.7 Å². The highest BCUT2D eigenvalue weighted by atomic mass is 16.4. The summed E-state index contributed by atoms with van der Waals surface area (Å²) in [7, 11) is 0. The second kappa shape index (κ2) is 8.84. The van der Waals surface area contributed by atoms with E-state index in [1.54, 1.807) is 18.2 Å². The summed E-state index contributed by atoms with van der Waals surface area (Å²) in [6.07, 6.45) is 1.37. The van der Waals surface area contributed by atoms with Crippen molar-refractivity contribution in [3.8, 4) is 0 Å². The van der Waals surface area contributed by atoms with Crippen LogP contribution >= 0.6 is 0 Å². The largest absolute Gasteiger partial charge is 0.480 e. The highest BCUT2D eigenvalue weighted by Crippen LogP contribution is 2.11. The van der Waals surface area contributed by atoms with Crippen molar-refractivity contribution in [2.24, 2.45) is 0 Å². The van der Waals surface area contributed by atoms with Crippen LogP contribution in [-0.4, -0.2) is 23.0 Å². The molecule has 2 aromatic rings. The normalized spacial score (nSPS) is 11.7. The van der Waals surface area contributed by atoms with Crippen molar-refractivity contribution in [1.29, 1.82) is 0 Å². The van der Waals surface area contributed by atoms with Crippen LogP contribution in [0, 0.1) is 0 Å². The number of anilines is 1. The number of carboxylic acid groups (broad SMARTS) is 1. The molecule has 1 atom stereocenters. The summed E-state index contributed by atoms with van der Waals surface area (Å²) in [5, 5.41) is 15.0. The van der Waals surface area contributed by atoms with Crippen LogP contribution < -0.4 is 10.6 Å². The van der Waals surface area contributed by atoms with Gasteiger partial charge in [-0.25, -0.2) is 0 Å². The number of hydrogen-bond donors (Lipinski definition) is 3. The van der Waals surface area contributed by atoms with Crippen LogP contribution in [-0.2, 0) is 11.3 Å². The van der Waals surface area contributed by atoms with Gasteiger partial charge >= 0.3 is 5.97 Å². The zero-order valence-electron chi connectivity index (χ0n) is 13.7. The van der Waals surface area contributed by atoms with Gasteiger partial charge < -0.3 is 15.7 Å². The molecular formula is C19H22N2O3. The van der Waals surface area contributed by atoms with Crippen LogP contribution in [0.2, 0.25) is 0 Å². The SMILES string of the molecule is CCCC(NCc1cccc(C(=O)Nc2ccccc2)c1)C(=O)O. The summed E-state index contributed by atoms with van der Waals surface area (Å²) in [5.41, 5.74) is 2.15. The van der Waals surface area contributed by atoms with Crippen molar-refractivity contribution in [2.75, 3.05) is 5.32 Å². The molecule has 0 saturated carbocycles. The van der Waals surface area contributed by atoms with Crippen LogP contribution in [0.15, 0.2) is 54.6 Å². The molecule has 1 unspecified atom stereocenters. The maximum atomic E-state index is 12.3. The maximum absolute atomic E-state index is 12.3. The zero-order chi connectivity index (χ0) is 17.4. The number of para-hydroxylation sites is 1. The Labute approximate surface area is 141 Å². The second-order valence-corrected chi connectivity index (χ2v) is 5.58. The summed E-state index contributed by atoms with van der Waals surface area (Å²) in [4.78, 5) is 23.5. The first-order valence-corrected chi connectivity index (χ1v) is 8.01. The van der Waals surface area contributed by atoms with E-state index in [-0.39, 0.29) is 5.91 Å². The van der Waals surface area contributed by atoms with Crippen LogP contribution in [0.5, 0.6) is 0 Å². The number of nitrogens with one attached hydrogen (secondary N) is 2. The van der Waals surface area contributed by atoms with Crippen molar-refractivity contribution in [3.63, 3.8) is 0 Å². The van der Waals surface area contributed by atoms with E-state index < -0.39 is 12.0 Å². The topological polar surface area (TPSA) is 78.4 Å². The molecule has 5 heteroatoms. The number of amides is 1. The fourth-order valence-corrected chi connectivity index (χ4v) is 2.39. The van der Waals surface area contributed by atoms with Crippen LogP contribution in [0.3, 0.4) is 0 Å². The average Bonchev–Trinajstić information content (AvgIpc) is 2.59. The summed E-state index contributed by atoms with van der Waals surface area (Å²) in [6, 6.07) is 15.9. The predicted octanol–water partition coefficient (Wildman–Crippen LogP) is 3.28. The van der Waals surface area contributed by atoms with Crippen molar-refractivity contribution >= 4 is 17.6 Å². The number of benzene rings is 2. The van der Waals surface area contributed by atoms with E-state index in [1.165, 1.54) is 0 Å². The van der Waals surface area contributed by atoms with E-state index in [0.29, 0.717) is 18.5 Å². The van der Waals surface area contributed by atoms with E-state index in [4.69, 9.17) is 5.11 Å². The molecular weight excluding hydrogens is 304 g/mol. The molecule has 0 aliphatic rings. The molecule has 1 amide bonds. The minimum atomic E-state index is -0.852. The Hall–Kier alpha value is -2.66. The molecule has 2 rings (SSSR count). The molecule has 0 spiro atoms. The lowest BCUT2D eigenvalue weighted by Gasteiger charge is -2.14. The minimum absolute atomic E-state index is 0.189. The summed E-state index contributed by atoms with van der Waals surface area (Å²) in [6.45, 7) is 2.36. The van der Waals surface area contributed by atoms with Gasteiger partial charge in [0.15, 0.2) is 0 Å². The van der Waals surface area contributed by atoms with Gasteiger partial charge in [-0.2, -0.15) is 0 Å². The number of carbonyl (C=O) groups is 2. The van der Waals surface area contributed by atoms with Crippen LogP contribution in [0.4, 0.5) is 5.69 Å². The van der Waals surface area contributed by atoms with Crippen LogP contribution in [0.25, 0.3) is 0 Å². The molecule has 0 aliphatic heterocycles. The maximum Gasteiger partial charge on any atom is 0.320 e. The molecule has 0 heterocycles. The van der Waals surface area contributed by atoms with Gasteiger partial charge in [0.05, 0.1) is 0 Å². The first-order valence-electron chi connectivity index (χ1n) is 8.01. The Morgan fingerprint density at radius 3 is 2.50 bits per heavy atom.